The molecule has 7 heteroatoms. The van der Waals surface area contributed by atoms with Crippen molar-refractivity contribution in [2.24, 2.45) is 0 Å². The largest absolute Gasteiger partial charge is 0.333 e. The highest BCUT2D eigenvalue weighted by atomic mass is 19.1. The molecule has 146 valence electrons. The number of hydrogen-bond donors (Lipinski definition) is 0. The van der Waals surface area contributed by atoms with Crippen LogP contribution in [0, 0.1) is 19.7 Å². The Morgan fingerprint density at radius 1 is 0.897 bits per heavy atom. The molecule has 0 aliphatic heterocycles. The van der Waals surface area contributed by atoms with Gasteiger partial charge < -0.3 is 0 Å². The lowest BCUT2D eigenvalue weighted by molar-refractivity contribution is 0.617. The molecule has 0 bridgehead atoms. The average molecular weight is 390 g/mol. The van der Waals surface area contributed by atoms with Crippen LogP contribution in [0.15, 0.2) is 64.4 Å². The molecule has 0 unspecified atom stereocenters. The molecule has 4 aromatic rings. The monoisotopic (exact) mass is 390 g/mol. The summed E-state index contributed by atoms with van der Waals surface area (Å²) in [5, 5.41) is 0. The first-order valence-electron chi connectivity index (χ1n) is 9.19. The molecule has 0 amide bonds. The van der Waals surface area contributed by atoms with E-state index in [-0.39, 0.29) is 30.1 Å². The minimum atomic E-state index is -0.514. The van der Waals surface area contributed by atoms with Gasteiger partial charge in [-0.1, -0.05) is 35.9 Å². The average Bonchev–Trinajstić information content (AvgIpc) is 2.72. The van der Waals surface area contributed by atoms with Crippen molar-refractivity contribution in [3.05, 3.63) is 104 Å². The van der Waals surface area contributed by atoms with Crippen LogP contribution in [0.5, 0.6) is 0 Å². The van der Waals surface area contributed by atoms with Crippen LogP contribution in [-0.4, -0.2) is 19.1 Å². The molecule has 2 aromatic heterocycles. The van der Waals surface area contributed by atoms with Gasteiger partial charge in [-0.3, -0.25) is 13.9 Å². The van der Waals surface area contributed by atoms with Gasteiger partial charge in [0.05, 0.1) is 13.1 Å². The summed E-state index contributed by atoms with van der Waals surface area (Å²) in [6.07, 6.45) is 2.89. The molecule has 0 spiro atoms. The zero-order chi connectivity index (χ0) is 20.5. The zero-order valence-corrected chi connectivity index (χ0v) is 16.1. The Kier molecular flexibility index (Phi) is 4.80. The fourth-order valence-corrected chi connectivity index (χ4v) is 3.33. The van der Waals surface area contributed by atoms with E-state index in [4.69, 9.17) is 0 Å². The lowest BCUT2D eigenvalue weighted by Gasteiger charge is -2.14. The lowest BCUT2D eigenvalue weighted by atomic mass is 10.1. The Bertz CT molecular complexity index is 1320. The van der Waals surface area contributed by atoms with Crippen LogP contribution in [0.1, 0.15) is 22.3 Å². The second kappa shape index (κ2) is 7.43. The van der Waals surface area contributed by atoms with Crippen LogP contribution in [0.3, 0.4) is 0 Å². The molecule has 6 nitrogen and oxygen atoms in total. The summed E-state index contributed by atoms with van der Waals surface area (Å²) in [4.78, 5) is 34.6. The summed E-state index contributed by atoms with van der Waals surface area (Å²) < 4.78 is 15.8. The number of aryl methyl sites for hydroxylation is 2. The molecule has 0 N–H and O–H groups in total. The molecule has 2 aromatic carbocycles. The van der Waals surface area contributed by atoms with Crippen molar-refractivity contribution in [3.8, 4) is 0 Å². The third-order valence-electron chi connectivity index (χ3n) is 4.93. The van der Waals surface area contributed by atoms with E-state index in [0.29, 0.717) is 5.56 Å². The van der Waals surface area contributed by atoms with E-state index in [1.807, 2.05) is 32.0 Å². The van der Waals surface area contributed by atoms with E-state index < -0.39 is 11.2 Å². The minimum Gasteiger partial charge on any atom is -0.272 e. The molecule has 0 radical (unpaired) electrons. The SMILES string of the molecule is Cc1ccc(C)c(Cn2c(=O)n(Cc3ccc(F)cc3)c(=O)c3nccnc32)c1. The summed E-state index contributed by atoms with van der Waals surface area (Å²) in [7, 11) is 0. The topological polar surface area (TPSA) is 69.8 Å². The van der Waals surface area contributed by atoms with Crippen molar-refractivity contribution in [1.29, 1.82) is 0 Å². The molecule has 0 saturated carbocycles. The normalized spacial score (nSPS) is 11.1. The number of benzene rings is 2. The van der Waals surface area contributed by atoms with Gasteiger partial charge >= 0.3 is 5.69 Å². The number of rotatable bonds is 4. The number of hydrogen-bond acceptors (Lipinski definition) is 4. The fraction of sp³-hybridized carbons (Fsp3) is 0.182. The van der Waals surface area contributed by atoms with Crippen LogP contribution in [0.2, 0.25) is 0 Å². The molecule has 0 atom stereocenters. The summed E-state index contributed by atoms with van der Waals surface area (Å²) in [6, 6.07) is 11.7. The van der Waals surface area contributed by atoms with Crippen molar-refractivity contribution in [3.63, 3.8) is 0 Å². The molecular formula is C22H19FN4O2. The van der Waals surface area contributed by atoms with E-state index in [1.165, 1.54) is 29.1 Å². The Hall–Kier alpha value is -3.61. The van der Waals surface area contributed by atoms with Gasteiger partial charge in [0.1, 0.15) is 5.82 Å². The van der Waals surface area contributed by atoms with Crippen LogP contribution in [0.25, 0.3) is 11.2 Å². The van der Waals surface area contributed by atoms with Gasteiger partial charge in [-0.2, -0.15) is 0 Å². The van der Waals surface area contributed by atoms with Gasteiger partial charge in [-0.15, -0.1) is 0 Å². The standard InChI is InChI=1S/C22H19FN4O2/c1-14-3-4-15(2)17(11-14)13-26-20-19(24-9-10-25-20)21(28)27(22(26)29)12-16-5-7-18(23)8-6-16/h3-11H,12-13H2,1-2H3. The summed E-state index contributed by atoms with van der Waals surface area (Å²) in [5.41, 5.74) is 3.11. The van der Waals surface area contributed by atoms with E-state index >= 15 is 0 Å². The maximum Gasteiger partial charge on any atom is 0.333 e. The quantitative estimate of drug-likeness (QED) is 0.537. The first-order chi connectivity index (χ1) is 13.9. The second-order valence-electron chi connectivity index (χ2n) is 7.04. The molecule has 29 heavy (non-hydrogen) atoms. The van der Waals surface area contributed by atoms with Gasteiger partial charge in [-0.25, -0.2) is 19.2 Å². The van der Waals surface area contributed by atoms with Gasteiger partial charge in [-0.05, 0) is 42.7 Å². The molecule has 2 heterocycles. The number of aromatic nitrogens is 4. The van der Waals surface area contributed by atoms with E-state index in [2.05, 4.69) is 9.97 Å². The molecule has 4 rings (SSSR count). The molecule has 0 saturated heterocycles. The number of fused-ring (bicyclic) bond motifs is 1. The van der Waals surface area contributed by atoms with Gasteiger partial charge in [0.15, 0.2) is 11.2 Å². The maximum absolute atomic E-state index is 13.3. The highest BCUT2D eigenvalue weighted by Crippen LogP contribution is 2.13. The first-order valence-corrected chi connectivity index (χ1v) is 9.19. The Balaban J connectivity index is 1.91. The summed E-state index contributed by atoms with van der Waals surface area (Å²) in [6.45, 7) is 4.25. The maximum atomic E-state index is 13.3. The van der Waals surface area contributed by atoms with Crippen molar-refractivity contribution in [2.75, 3.05) is 0 Å². The van der Waals surface area contributed by atoms with Crippen LogP contribution in [-0.2, 0) is 13.1 Å². The van der Waals surface area contributed by atoms with Crippen molar-refractivity contribution in [2.45, 2.75) is 26.9 Å². The Labute approximate surface area is 165 Å². The summed E-state index contributed by atoms with van der Waals surface area (Å²) >= 11 is 0. The van der Waals surface area contributed by atoms with E-state index in [0.717, 1.165) is 21.3 Å². The predicted octanol–water partition coefficient (Wildman–Crippen LogP) is 2.81. The summed E-state index contributed by atoms with van der Waals surface area (Å²) in [5.74, 6) is -0.377. The Morgan fingerprint density at radius 3 is 2.38 bits per heavy atom. The van der Waals surface area contributed by atoms with Crippen LogP contribution < -0.4 is 11.2 Å². The highest BCUT2D eigenvalue weighted by molar-refractivity contribution is 5.68. The second-order valence-corrected chi connectivity index (χ2v) is 7.04. The van der Waals surface area contributed by atoms with Crippen molar-refractivity contribution in [1.82, 2.24) is 19.1 Å². The van der Waals surface area contributed by atoms with E-state index in [1.54, 1.807) is 12.1 Å². The van der Waals surface area contributed by atoms with Gasteiger partial charge in [0.25, 0.3) is 5.56 Å². The fourth-order valence-electron chi connectivity index (χ4n) is 3.33. The van der Waals surface area contributed by atoms with Crippen molar-refractivity contribution < 1.29 is 4.39 Å². The third-order valence-corrected chi connectivity index (χ3v) is 4.93. The highest BCUT2D eigenvalue weighted by Gasteiger charge is 2.16. The minimum absolute atomic E-state index is 0.0251. The van der Waals surface area contributed by atoms with Crippen LogP contribution in [0.4, 0.5) is 4.39 Å². The Morgan fingerprint density at radius 2 is 1.62 bits per heavy atom. The van der Waals surface area contributed by atoms with Gasteiger partial charge in [0, 0.05) is 12.4 Å². The first kappa shape index (κ1) is 18.7. The third kappa shape index (κ3) is 3.59. The molecule has 0 fully saturated rings. The molecule has 0 aliphatic carbocycles. The molecule has 0 aliphatic rings. The van der Waals surface area contributed by atoms with E-state index in [9.17, 15) is 14.0 Å². The predicted molar refractivity (Wildman–Crippen MR) is 109 cm³/mol. The smallest absolute Gasteiger partial charge is 0.272 e. The molecular weight excluding hydrogens is 371 g/mol. The van der Waals surface area contributed by atoms with Gasteiger partial charge in [0.2, 0.25) is 0 Å². The lowest BCUT2D eigenvalue weighted by Crippen LogP contribution is -2.41. The van der Waals surface area contributed by atoms with Crippen LogP contribution >= 0.6 is 0 Å². The number of halogens is 1. The van der Waals surface area contributed by atoms with Crippen molar-refractivity contribution >= 4 is 11.2 Å². The zero-order valence-electron chi connectivity index (χ0n) is 16.1. The number of nitrogens with zero attached hydrogens (tertiary/aromatic N) is 4.